The van der Waals surface area contributed by atoms with Crippen LogP contribution in [0.5, 0.6) is 0 Å². The smallest absolute Gasteiger partial charge is 0.244 e. The van der Waals surface area contributed by atoms with E-state index in [-0.39, 0.29) is 18.5 Å². The summed E-state index contributed by atoms with van der Waals surface area (Å²) in [4.78, 5) is 27.5. The molecule has 2 aromatic carbocycles. The molecular weight excluding hydrogens is 445 g/mol. The Labute approximate surface area is 195 Å². The number of halogens is 1. The van der Waals surface area contributed by atoms with Crippen LogP contribution in [-0.4, -0.2) is 50.0 Å². The van der Waals surface area contributed by atoms with Gasteiger partial charge < -0.3 is 10.2 Å². The fraction of sp³-hybridized carbons (Fsp3) is 0.417. The molecule has 0 heterocycles. The molecule has 1 atom stereocenters. The molecule has 2 rings (SSSR count). The zero-order valence-corrected chi connectivity index (χ0v) is 20.7. The van der Waals surface area contributed by atoms with E-state index in [9.17, 15) is 22.4 Å². The van der Waals surface area contributed by atoms with E-state index in [4.69, 9.17) is 0 Å². The van der Waals surface area contributed by atoms with E-state index in [1.807, 2.05) is 26.8 Å². The van der Waals surface area contributed by atoms with Crippen LogP contribution in [0.4, 0.5) is 10.1 Å². The fourth-order valence-electron chi connectivity index (χ4n) is 3.37. The van der Waals surface area contributed by atoms with Gasteiger partial charge >= 0.3 is 0 Å². The van der Waals surface area contributed by atoms with Gasteiger partial charge in [0.2, 0.25) is 21.8 Å². The third kappa shape index (κ3) is 7.02. The van der Waals surface area contributed by atoms with Crippen molar-refractivity contribution in [1.82, 2.24) is 10.2 Å². The lowest BCUT2D eigenvalue weighted by atomic mass is 10.1. The van der Waals surface area contributed by atoms with Crippen LogP contribution in [0.2, 0.25) is 0 Å². The first-order chi connectivity index (χ1) is 15.3. The molecule has 0 radical (unpaired) electrons. The standard InChI is InChI=1S/C24H32FN3O4S/c1-16(2)26-24(30)19(5)27(14-20-10-12-21(25)13-11-20)23(29)15-28(33(6,31)32)22-9-7-8-17(3)18(22)4/h7-13,16,19H,14-15H2,1-6H3,(H,26,30). The Kier molecular flexibility index (Phi) is 8.60. The minimum atomic E-state index is -3.79. The summed E-state index contributed by atoms with van der Waals surface area (Å²) in [6.07, 6.45) is 1.04. The molecule has 0 aliphatic heterocycles. The Balaban J connectivity index is 2.43. The van der Waals surface area contributed by atoms with E-state index < -0.39 is 34.3 Å². The summed E-state index contributed by atoms with van der Waals surface area (Å²) in [5.74, 6) is -1.32. The Hall–Kier alpha value is -2.94. The normalized spacial score (nSPS) is 12.4. The van der Waals surface area contributed by atoms with Gasteiger partial charge in [0, 0.05) is 12.6 Å². The van der Waals surface area contributed by atoms with Crippen LogP contribution in [0.25, 0.3) is 0 Å². The molecular formula is C24H32FN3O4S. The Morgan fingerprint density at radius 3 is 2.18 bits per heavy atom. The van der Waals surface area contributed by atoms with Crippen LogP contribution in [0.1, 0.15) is 37.5 Å². The quantitative estimate of drug-likeness (QED) is 0.601. The molecule has 0 aliphatic carbocycles. The first-order valence-corrected chi connectivity index (χ1v) is 12.5. The number of benzene rings is 2. The molecule has 0 bridgehead atoms. The summed E-state index contributed by atoms with van der Waals surface area (Å²) in [6, 6.07) is 9.84. The average Bonchev–Trinajstić information content (AvgIpc) is 2.72. The highest BCUT2D eigenvalue weighted by Gasteiger charge is 2.30. The highest BCUT2D eigenvalue weighted by atomic mass is 32.2. The van der Waals surface area contributed by atoms with Crippen LogP contribution < -0.4 is 9.62 Å². The molecule has 33 heavy (non-hydrogen) atoms. The third-order valence-corrected chi connectivity index (χ3v) is 6.51. The monoisotopic (exact) mass is 477 g/mol. The number of carbonyl (C=O) groups excluding carboxylic acids is 2. The van der Waals surface area contributed by atoms with E-state index in [2.05, 4.69) is 5.32 Å². The number of sulfonamides is 1. The highest BCUT2D eigenvalue weighted by Crippen LogP contribution is 2.25. The SMILES string of the molecule is Cc1cccc(N(CC(=O)N(Cc2ccc(F)cc2)C(C)C(=O)NC(C)C)S(C)(=O)=O)c1C. The van der Waals surface area contributed by atoms with Crippen LogP contribution in [0, 0.1) is 19.7 Å². The van der Waals surface area contributed by atoms with Gasteiger partial charge in [0.25, 0.3) is 0 Å². The van der Waals surface area contributed by atoms with Gasteiger partial charge in [-0.05, 0) is 69.5 Å². The van der Waals surface area contributed by atoms with Crippen LogP contribution in [-0.2, 0) is 26.2 Å². The molecule has 180 valence electrons. The molecule has 9 heteroatoms. The van der Waals surface area contributed by atoms with Gasteiger partial charge in [0.05, 0.1) is 11.9 Å². The zero-order valence-electron chi connectivity index (χ0n) is 19.9. The second-order valence-corrected chi connectivity index (χ2v) is 10.4. The van der Waals surface area contributed by atoms with Gasteiger partial charge in [0.15, 0.2) is 0 Å². The Bertz CT molecular complexity index is 1100. The number of carbonyl (C=O) groups is 2. The van der Waals surface area contributed by atoms with E-state index in [0.717, 1.165) is 21.7 Å². The van der Waals surface area contributed by atoms with Crippen LogP contribution in [0.15, 0.2) is 42.5 Å². The van der Waals surface area contributed by atoms with Gasteiger partial charge in [0.1, 0.15) is 18.4 Å². The molecule has 0 saturated heterocycles. The molecule has 1 N–H and O–H groups in total. The van der Waals surface area contributed by atoms with Crippen molar-refractivity contribution < 1.29 is 22.4 Å². The van der Waals surface area contributed by atoms with E-state index in [1.54, 1.807) is 26.0 Å². The van der Waals surface area contributed by atoms with E-state index >= 15 is 0 Å². The predicted octanol–water partition coefficient (Wildman–Crippen LogP) is 3.15. The molecule has 0 aromatic heterocycles. The Morgan fingerprint density at radius 2 is 1.64 bits per heavy atom. The van der Waals surface area contributed by atoms with Crippen molar-refractivity contribution in [2.75, 3.05) is 17.1 Å². The predicted molar refractivity (Wildman–Crippen MR) is 128 cm³/mol. The van der Waals surface area contributed by atoms with Crippen LogP contribution in [0.3, 0.4) is 0 Å². The number of rotatable bonds is 9. The fourth-order valence-corrected chi connectivity index (χ4v) is 4.27. The highest BCUT2D eigenvalue weighted by molar-refractivity contribution is 7.92. The molecule has 0 fully saturated rings. The molecule has 0 saturated carbocycles. The maximum atomic E-state index is 13.4. The lowest BCUT2D eigenvalue weighted by molar-refractivity contribution is -0.139. The molecule has 2 aromatic rings. The summed E-state index contributed by atoms with van der Waals surface area (Å²) in [6.45, 7) is 8.41. The first-order valence-electron chi connectivity index (χ1n) is 10.7. The molecule has 2 amide bonds. The lowest BCUT2D eigenvalue weighted by Gasteiger charge is -2.32. The van der Waals surface area contributed by atoms with Crippen molar-refractivity contribution in [2.24, 2.45) is 0 Å². The van der Waals surface area contributed by atoms with Gasteiger partial charge in [-0.25, -0.2) is 12.8 Å². The summed E-state index contributed by atoms with van der Waals surface area (Å²) >= 11 is 0. The summed E-state index contributed by atoms with van der Waals surface area (Å²) < 4.78 is 39.7. The molecule has 0 aliphatic rings. The second-order valence-electron chi connectivity index (χ2n) is 8.48. The number of nitrogens with one attached hydrogen (secondary N) is 1. The molecule has 7 nitrogen and oxygen atoms in total. The van der Waals surface area contributed by atoms with Crippen molar-refractivity contribution in [3.63, 3.8) is 0 Å². The van der Waals surface area contributed by atoms with Crippen LogP contribution >= 0.6 is 0 Å². The minimum absolute atomic E-state index is 0.0240. The number of aryl methyl sites for hydroxylation is 1. The van der Waals surface area contributed by atoms with Gasteiger partial charge in [-0.2, -0.15) is 0 Å². The largest absolute Gasteiger partial charge is 0.352 e. The second kappa shape index (κ2) is 10.8. The maximum Gasteiger partial charge on any atom is 0.244 e. The first kappa shape index (κ1) is 26.3. The summed E-state index contributed by atoms with van der Waals surface area (Å²) in [5, 5.41) is 2.78. The minimum Gasteiger partial charge on any atom is -0.352 e. The van der Waals surface area contributed by atoms with Crippen molar-refractivity contribution in [2.45, 2.75) is 53.2 Å². The Morgan fingerprint density at radius 1 is 1.03 bits per heavy atom. The topological polar surface area (TPSA) is 86.8 Å². The van der Waals surface area contributed by atoms with Gasteiger partial charge in [-0.3, -0.25) is 13.9 Å². The van der Waals surface area contributed by atoms with E-state index in [1.165, 1.54) is 29.2 Å². The zero-order chi connectivity index (χ0) is 24.9. The van der Waals surface area contributed by atoms with Crippen molar-refractivity contribution in [1.29, 1.82) is 0 Å². The maximum absolute atomic E-state index is 13.4. The van der Waals surface area contributed by atoms with Gasteiger partial charge in [-0.1, -0.05) is 24.3 Å². The summed E-state index contributed by atoms with van der Waals surface area (Å²) in [5.41, 5.74) is 2.66. The molecule has 0 spiro atoms. The number of hydrogen-bond acceptors (Lipinski definition) is 4. The van der Waals surface area contributed by atoms with Gasteiger partial charge in [-0.15, -0.1) is 0 Å². The van der Waals surface area contributed by atoms with Crippen molar-refractivity contribution in [3.8, 4) is 0 Å². The number of anilines is 1. The number of hydrogen-bond donors (Lipinski definition) is 1. The average molecular weight is 478 g/mol. The van der Waals surface area contributed by atoms with Crippen molar-refractivity contribution in [3.05, 3.63) is 65.0 Å². The lowest BCUT2D eigenvalue weighted by Crippen LogP contribution is -2.52. The van der Waals surface area contributed by atoms with E-state index in [0.29, 0.717) is 11.3 Å². The van der Waals surface area contributed by atoms with Crippen molar-refractivity contribution >= 4 is 27.5 Å². The third-order valence-electron chi connectivity index (χ3n) is 5.39. The number of amides is 2. The number of nitrogens with zero attached hydrogens (tertiary/aromatic N) is 2. The molecule has 1 unspecified atom stereocenters. The summed E-state index contributed by atoms with van der Waals surface area (Å²) in [7, 11) is -3.79.